The summed E-state index contributed by atoms with van der Waals surface area (Å²) in [7, 11) is 2.52. The van der Waals surface area contributed by atoms with Gasteiger partial charge in [-0.2, -0.15) is 0 Å². The number of hydrogen-bond donors (Lipinski definition) is 0. The monoisotopic (exact) mass is 253 g/mol. The van der Waals surface area contributed by atoms with Gasteiger partial charge in [0.25, 0.3) is 0 Å². The quantitative estimate of drug-likeness (QED) is 0.691. The molecule has 0 bridgehead atoms. The summed E-state index contributed by atoms with van der Waals surface area (Å²) in [5, 5.41) is 0. The van der Waals surface area contributed by atoms with E-state index in [9.17, 15) is 9.59 Å². The van der Waals surface area contributed by atoms with Crippen molar-refractivity contribution in [3.8, 4) is 11.5 Å². The maximum absolute atomic E-state index is 10.9. The minimum atomic E-state index is -0.516. The van der Waals surface area contributed by atoms with Crippen LogP contribution in [0.25, 0.3) is 0 Å². The molecule has 0 saturated heterocycles. The highest BCUT2D eigenvalue weighted by molar-refractivity contribution is 5.71. The second kappa shape index (κ2) is 7.16. The van der Waals surface area contributed by atoms with Crippen molar-refractivity contribution >= 4 is 11.9 Å². The summed E-state index contributed by atoms with van der Waals surface area (Å²) in [4.78, 5) is 21.9. The Labute approximate surface area is 104 Å². The van der Waals surface area contributed by atoms with Crippen LogP contribution in [0.5, 0.6) is 11.5 Å². The second-order valence-electron chi connectivity index (χ2n) is 3.10. The predicted molar refractivity (Wildman–Crippen MR) is 60.3 cm³/mol. The summed E-state index contributed by atoms with van der Waals surface area (Å²) in [6, 6.07) is 7.43. The Morgan fingerprint density at radius 1 is 1.06 bits per heavy atom. The van der Waals surface area contributed by atoms with E-state index in [2.05, 4.69) is 15.5 Å². The molecule has 1 radical (unpaired) electrons. The number of ether oxygens (including phenoxy) is 4. The topological polar surface area (TPSA) is 71.1 Å². The van der Waals surface area contributed by atoms with Gasteiger partial charge in [-0.3, -0.25) is 0 Å². The van der Waals surface area contributed by atoms with Gasteiger partial charge in [-0.05, 0) is 18.2 Å². The highest BCUT2D eigenvalue weighted by Gasteiger charge is 2.09. The minimum absolute atomic E-state index is 0.241. The van der Waals surface area contributed by atoms with Gasteiger partial charge < -0.3 is 18.9 Å². The molecule has 0 atom stereocenters. The first-order valence-electron chi connectivity index (χ1n) is 5.06. The number of carbonyl (C=O) groups is 2. The summed E-state index contributed by atoms with van der Waals surface area (Å²) in [6.07, 6.45) is 0. The molecule has 1 aromatic carbocycles. The van der Waals surface area contributed by atoms with Crippen LogP contribution in [-0.2, 0) is 19.1 Å². The molecule has 97 valence electrons. The van der Waals surface area contributed by atoms with E-state index in [1.807, 2.05) is 0 Å². The lowest BCUT2D eigenvalue weighted by atomic mass is 10.3. The molecule has 1 rings (SSSR count). The Bertz CT molecular complexity index is 376. The van der Waals surface area contributed by atoms with Crippen LogP contribution in [0.4, 0.5) is 0 Å². The Kier molecular flexibility index (Phi) is 5.50. The molecule has 0 N–H and O–H groups in total. The van der Waals surface area contributed by atoms with E-state index in [-0.39, 0.29) is 13.2 Å². The molecule has 0 aliphatic rings. The molecule has 0 amide bonds. The number of hydrogen-bond acceptors (Lipinski definition) is 6. The van der Waals surface area contributed by atoms with Gasteiger partial charge in [0.05, 0.1) is 14.2 Å². The van der Waals surface area contributed by atoms with E-state index in [1.165, 1.54) is 20.3 Å². The van der Waals surface area contributed by atoms with Crippen LogP contribution in [0, 0.1) is 6.07 Å². The van der Waals surface area contributed by atoms with Crippen molar-refractivity contribution in [1.29, 1.82) is 0 Å². The van der Waals surface area contributed by atoms with E-state index in [0.29, 0.717) is 11.5 Å². The lowest BCUT2D eigenvalue weighted by Crippen LogP contribution is -2.15. The van der Waals surface area contributed by atoms with Crippen molar-refractivity contribution in [3.63, 3.8) is 0 Å². The average molecular weight is 253 g/mol. The molecule has 18 heavy (non-hydrogen) atoms. The lowest BCUT2D eigenvalue weighted by molar-refractivity contribution is -0.144. The average Bonchev–Trinajstić information content (AvgIpc) is 2.42. The molecule has 0 unspecified atom stereocenters. The van der Waals surface area contributed by atoms with Crippen molar-refractivity contribution in [1.82, 2.24) is 0 Å². The number of esters is 2. The van der Waals surface area contributed by atoms with Gasteiger partial charge in [-0.15, -0.1) is 0 Å². The van der Waals surface area contributed by atoms with Crippen LogP contribution in [0.3, 0.4) is 0 Å². The first kappa shape index (κ1) is 13.8. The Morgan fingerprint density at radius 3 is 2.17 bits per heavy atom. The molecule has 6 nitrogen and oxygen atoms in total. The standard InChI is InChI=1S/C12H13O6/c1-15-11(13)7-17-9-5-3-4-6-10(9)18-8-12(14)16-2/h3,5-6H,7-8H2,1-2H3. The van der Waals surface area contributed by atoms with E-state index in [0.717, 1.165) is 0 Å². The largest absolute Gasteiger partial charge is 0.478 e. The summed E-state index contributed by atoms with van der Waals surface area (Å²) < 4.78 is 19.2. The fourth-order valence-corrected chi connectivity index (χ4v) is 1.02. The van der Waals surface area contributed by atoms with Crippen molar-refractivity contribution in [2.24, 2.45) is 0 Å². The summed E-state index contributed by atoms with van der Waals surface area (Å²) in [5.74, 6) is -0.408. The van der Waals surface area contributed by atoms with Crippen LogP contribution < -0.4 is 9.47 Å². The maximum atomic E-state index is 10.9. The number of carbonyl (C=O) groups excluding carboxylic acids is 2. The highest BCUT2D eigenvalue weighted by Crippen LogP contribution is 2.26. The molecule has 0 aliphatic heterocycles. The summed E-state index contributed by atoms with van der Waals surface area (Å²) in [6.45, 7) is -0.488. The third-order valence-corrected chi connectivity index (χ3v) is 1.93. The van der Waals surface area contributed by atoms with Gasteiger partial charge in [0.15, 0.2) is 24.7 Å². The van der Waals surface area contributed by atoms with Crippen LogP contribution >= 0.6 is 0 Å². The number of rotatable bonds is 6. The van der Waals surface area contributed by atoms with E-state index in [1.54, 1.807) is 12.1 Å². The Morgan fingerprint density at radius 2 is 1.61 bits per heavy atom. The van der Waals surface area contributed by atoms with Crippen molar-refractivity contribution in [2.75, 3.05) is 27.4 Å². The van der Waals surface area contributed by atoms with Crippen molar-refractivity contribution in [2.45, 2.75) is 0 Å². The zero-order valence-electron chi connectivity index (χ0n) is 10.1. The van der Waals surface area contributed by atoms with Gasteiger partial charge in [-0.25, -0.2) is 9.59 Å². The Balaban J connectivity index is 2.61. The maximum Gasteiger partial charge on any atom is 0.343 e. The van der Waals surface area contributed by atoms with Gasteiger partial charge in [0, 0.05) is 0 Å². The normalized spacial score (nSPS) is 9.44. The summed E-state index contributed by atoms with van der Waals surface area (Å²) >= 11 is 0. The zero-order chi connectivity index (χ0) is 13.4. The van der Waals surface area contributed by atoms with Gasteiger partial charge in [-0.1, -0.05) is 6.07 Å². The lowest BCUT2D eigenvalue weighted by Gasteiger charge is -2.10. The molecular weight excluding hydrogens is 240 g/mol. The molecule has 0 spiro atoms. The van der Waals surface area contributed by atoms with Crippen molar-refractivity contribution in [3.05, 3.63) is 24.3 Å². The molecular formula is C12H13O6. The van der Waals surface area contributed by atoms with Crippen LogP contribution in [0.15, 0.2) is 18.2 Å². The van der Waals surface area contributed by atoms with Crippen LogP contribution in [0.1, 0.15) is 0 Å². The summed E-state index contributed by atoms with van der Waals surface area (Å²) in [5.41, 5.74) is 0. The third-order valence-electron chi connectivity index (χ3n) is 1.93. The fourth-order valence-electron chi connectivity index (χ4n) is 1.02. The fraction of sp³-hybridized carbons (Fsp3) is 0.333. The van der Waals surface area contributed by atoms with Gasteiger partial charge >= 0.3 is 11.9 Å². The SMILES string of the molecule is COC(=O)COc1c[c]ccc1OCC(=O)OC. The first-order valence-corrected chi connectivity index (χ1v) is 5.06. The predicted octanol–water partition coefficient (Wildman–Crippen LogP) is 0.590. The molecule has 0 heterocycles. The van der Waals surface area contributed by atoms with Gasteiger partial charge in [0.2, 0.25) is 0 Å². The van der Waals surface area contributed by atoms with E-state index >= 15 is 0 Å². The first-order chi connectivity index (χ1) is 8.67. The van der Waals surface area contributed by atoms with Crippen LogP contribution in [-0.4, -0.2) is 39.4 Å². The second-order valence-corrected chi connectivity index (χ2v) is 3.10. The smallest absolute Gasteiger partial charge is 0.343 e. The zero-order valence-corrected chi connectivity index (χ0v) is 10.1. The van der Waals surface area contributed by atoms with E-state index in [4.69, 9.17) is 9.47 Å². The highest BCUT2D eigenvalue weighted by atomic mass is 16.6. The third kappa shape index (κ3) is 4.32. The van der Waals surface area contributed by atoms with E-state index < -0.39 is 11.9 Å². The van der Waals surface area contributed by atoms with Crippen molar-refractivity contribution < 1.29 is 28.5 Å². The molecule has 0 saturated carbocycles. The number of methoxy groups -OCH3 is 2. The molecule has 6 heteroatoms. The Hall–Kier alpha value is -2.24. The molecule has 0 fully saturated rings. The van der Waals surface area contributed by atoms with Gasteiger partial charge in [0.1, 0.15) is 0 Å². The molecule has 0 aromatic heterocycles. The number of benzene rings is 1. The molecule has 0 aliphatic carbocycles. The minimum Gasteiger partial charge on any atom is -0.478 e. The van der Waals surface area contributed by atoms with Crippen LogP contribution in [0.2, 0.25) is 0 Å². The molecule has 1 aromatic rings.